The second kappa shape index (κ2) is 10.7. The number of aliphatic hydroxyl groups excluding tert-OH is 2. The summed E-state index contributed by atoms with van der Waals surface area (Å²) < 4.78 is 5.76. The second-order valence-electron chi connectivity index (χ2n) is 8.10. The van der Waals surface area contributed by atoms with E-state index in [1.807, 2.05) is 49.4 Å². The normalized spacial score (nSPS) is 18.9. The number of aryl methyl sites for hydroxylation is 1. The Kier molecular flexibility index (Phi) is 8.07. The standard InChI is InChI=1S/C24H34N2O3/c1-19-8-6-7-11-24(19)29-18-22(27)16-25-12-14-26(15-13-25)17-23(28)20(2)21-9-4-3-5-10-21/h3-11,20,22-23,27-28H,12-18H2,1-2H3. The molecule has 29 heavy (non-hydrogen) atoms. The first kappa shape index (κ1) is 21.8. The molecule has 0 saturated carbocycles. The van der Waals surface area contributed by atoms with Crippen molar-refractivity contribution in [1.29, 1.82) is 0 Å². The van der Waals surface area contributed by atoms with Crippen LogP contribution in [0.2, 0.25) is 0 Å². The summed E-state index contributed by atoms with van der Waals surface area (Å²) >= 11 is 0. The monoisotopic (exact) mass is 398 g/mol. The van der Waals surface area contributed by atoms with E-state index in [1.165, 1.54) is 5.56 Å². The zero-order chi connectivity index (χ0) is 20.6. The molecule has 2 aromatic carbocycles. The lowest BCUT2D eigenvalue weighted by Gasteiger charge is -2.37. The molecule has 3 atom stereocenters. The van der Waals surface area contributed by atoms with Crippen LogP contribution >= 0.6 is 0 Å². The van der Waals surface area contributed by atoms with Gasteiger partial charge in [-0.1, -0.05) is 55.5 Å². The molecule has 0 spiro atoms. The van der Waals surface area contributed by atoms with Crippen LogP contribution in [0.5, 0.6) is 5.75 Å². The van der Waals surface area contributed by atoms with E-state index in [-0.39, 0.29) is 12.0 Å². The molecule has 0 bridgehead atoms. The number of aliphatic hydroxyl groups is 2. The molecule has 3 unspecified atom stereocenters. The number of rotatable bonds is 9. The molecular weight excluding hydrogens is 364 g/mol. The van der Waals surface area contributed by atoms with Crippen LogP contribution in [0.1, 0.15) is 24.0 Å². The van der Waals surface area contributed by atoms with Gasteiger partial charge >= 0.3 is 0 Å². The lowest BCUT2D eigenvalue weighted by atomic mass is 9.95. The number of para-hydroxylation sites is 1. The largest absolute Gasteiger partial charge is 0.491 e. The van der Waals surface area contributed by atoms with E-state index in [9.17, 15) is 10.2 Å². The van der Waals surface area contributed by atoms with E-state index in [0.717, 1.165) is 37.5 Å². The van der Waals surface area contributed by atoms with Gasteiger partial charge < -0.3 is 14.9 Å². The molecule has 2 N–H and O–H groups in total. The minimum absolute atomic E-state index is 0.120. The van der Waals surface area contributed by atoms with Crippen LogP contribution in [0, 0.1) is 6.92 Å². The average molecular weight is 399 g/mol. The summed E-state index contributed by atoms with van der Waals surface area (Å²) in [5, 5.41) is 21.0. The maximum atomic E-state index is 10.6. The number of hydrogen-bond donors (Lipinski definition) is 2. The highest BCUT2D eigenvalue weighted by molar-refractivity contribution is 5.31. The summed E-state index contributed by atoms with van der Waals surface area (Å²) in [4.78, 5) is 4.59. The maximum absolute atomic E-state index is 10.6. The van der Waals surface area contributed by atoms with Gasteiger partial charge in [0.05, 0.1) is 6.10 Å². The van der Waals surface area contributed by atoms with E-state index in [1.54, 1.807) is 0 Å². The Labute approximate surface area is 174 Å². The van der Waals surface area contributed by atoms with Gasteiger partial charge in [-0.15, -0.1) is 0 Å². The highest BCUT2D eigenvalue weighted by Gasteiger charge is 2.24. The number of benzene rings is 2. The van der Waals surface area contributed by atoms with E-state index in [0.29, 0.717) is 19.7 Å². The van der Waals surface area contributed by atoms with Crippen LogP contribution in [-0.4, -0.2) is 78.1 Å². The van der Waals surface area contributed by atoms with Crippen LogP contribution in [-0.2, 0) is 0 Å². The fourth-order valence-corrected chi connectivity index (χ4v) is 3.81. The van der Waals surface area contributed by atoms with Crippen LogP contribution < -0.4 is 4.74 Å². The predicted octanol–water partition coefficient (Wildman–Crippen LogP) is 2.52. The first-order valence-electron chi connectivity index (χ1n) is 10.6. The lowest BCUT2D eigenvalue weighted by molar-refractivity contribution is 0.0297. The van der Waals surface area contributed by atoms with Crippen LogP contribution in [0.3, 0.4) is 0 Å². The van der Waals surface area contributed by atoms with E-state index < -0.39 is 6.10 Å². The van der Waals surface area contributed by atoms with E-state index >= 15 is 0 Å². The van der Waals surface area contributed by atoms with Crippen LogP contribution in [0.15, 0.2) is 54.6 Å². The van der Waals surface area contributed by atoms with Crippen molar-refractivity contribution in [1.82, 2.24) is 9.80 Å². The van der Waals surface area contributed by atoms with Gasteiger partial charge in [-0.25, -0.2) is 0 Å². The molecule has 0 amide bonds. The number of piperazine rings is 1. The van der Waals surface area contributed by atoms with Crippen molar-refractivity contribution in [3.8, 4) is 5.75 Å². The first-order chi connectivity index (χ1) is 14.0. The topological polar surface area (TPSA) is 56.2 Å². The van der Waals surface area contributed by atoms with Gasteiger partial charge in [-0.3, -0.25) is 9.80 Å². The van der Waals surface area contributed by atoms with E-state index in [4.69, 9.17) is 4.74 Å². The summed E-state index contributed by atoms with van der Waals surface area (Å²) in [6.45, 7) is 9.30. The van der Waals surface area contributed by atoms with Gasteiger partial charge in [0.15, 0.2) is 0 Å². The molecule has 1 aliphatic heterocycles. The van der Waals surface area contributed by atoms with Gasteiger partial charge in [-0.2, -0.15) is 0 Å². The van der Waals surface area contributed by atoms with Crippen molar-refractivity contribution in [3.05, 3.63) is 65.7 Å². The third kappa shape index (κ3) is 6.54. The molecule has 158 valence electrons. The fourth-order valence-electron chi connectivity index (χ4n) is 3.81. The third-order valence-electron chi connectivity index (χ3n) is 5.81. The van der Waals surface area contributed by atoms with Crippen molar-refractivity contribution in [3.63, 3.8) is 0 Å². The van der Waals surface area contributed by atoms with Crippen molar-refractivity contribution >= 4 is 0 Å². The van der Waals surface area contributed by atoms with E-state index in [2.05, 4.69) is 28.9 Å². The summed E-state index contributed by atoms with van der Waals surface area (Å²) in [5.74, 6) is 0.951. The molecule has 3 rings (SSSR count). The van der Waals surface area contributed by atoms with Gasteiger partial charge in [0.25, 0.3) is 0 Å². The predicted molar refractivity (Wildman–Crippen MR) is 116 cm³/mol. The third-order valence-corrected chi connectivity index (χ3v) is 5.81. The van der Waals surface area contributed by atoms with Gasteiger partial charge in [0.2, 0.25) is 0 Å². The van der Waals surface area contributed by atoms with Crippen molar-refractivity contribution in [2.75, 3.05) is 45.9 Å². The summed E-state index contributed by atoms with van der Waals surface area (Å²) in [6.07, 6.45) is -0.887. The molecule has 2 aromatic rings. The molecule has 0 radical (unpaired) electrons. The second-order valence-corrected chi connectivity index (χ2v) is 8.10. The smallest absolute Gasteiger partial charge is 0.122 e. The summed E-state index contributed by atoms with van der Waals surface area (Å²) in [6, 6.07) is 18.1. The Morgan fingerprint density at radius 3 is 2.10 bits per heavy atom. The Morgan fingerprint density at radius 1 is 0.862 bits per heavy atom. The highest BCUT2D eigenvalue weighted by Crippen LogP contribution is 2.20. The Bertz CT molecular complexity index is 732. The summed E-state index contributed by atoms with van der Waals surface area (Å²) in [7, 11) is 0. The fraction of sp³-hybridized carbons (Fsp3) is 0.500. The molecule has 1 saturated heterocycles. The van der Waals surface area contributed by atoms with Gasteiger partial charge in [0, 0.05) is 45.2 Å². The number of nitrogens with zero attached hydrogens (tertiary/aromatic N) is 2. The Balaban J connectivity index is 1.37. The van der Waals surface area contributed by atoms with Gasteiger partial charge in [0.1, 0.15) is 18.5 Å². The first-order valence-corrected chi connectivity index (χ1v) is 10.6. The maximum Gasteiger partial charge on any atom is 0.122 e. The molecule has 1 aliphatic rings. The Morgan fingerprint density at radius 2 is 1.45 bits per heavy atom. The van der Waals surface area contributed by atoms with Crippen LogP contribution in [0.4, 0.5) is 0 Å². The number of hydrogen-bond acceptors (Lipinski definition) is 5. The minimum atomic E-state index is -0.509. The molecule has 5 heteroatoms. The minimum Gasteiger partial charge on any atom is -0.491 e. The molecule has 5 nitrogen and oxygen atoms in total. The number of ether oxygens (including phenoxy) is 1. The highest BCUT2D eigenvalue weighted by atomic mass is 16.5. The lowest BCUT2D eigenvalue weighted by Crippen LogP contribution is -2.51. The molecule has 0 aromatic heterocycles. The van der Waals surface area contributed by atoms with Crippen molar-refractivity contribution in [2.24, 2.45) is 0 Å². The Hall–Kier alpha value is -1.92. The average Bonchev–Trinajstić information content (AvgIpc) is 2.74. The zero-order valence-corrected chi connectivity index (χ0v) is 17.6. The van der Waals surface area contributed by atoms with Crippen LogP contribution in [0.25, 0.3) is 0 Å². The molecule has 1 fully saturated rings. The molecule has 0 aliphatic carbocycles. The SMILES string of the molecule is Cc1ccccc1OCC(O)CN1CCN(CC(O)C(C)c2ccccc2)CC1. The van der Waals surface area contributed by atoms with Crippen molar-refractivity contribution in [2.45, 2.75) is 32.0 Å². The quantitative estimate of drug-likeness (QED) is 0.680. The van der Waals surface area contributed by atoms with Gasteiger partial charge in [-0.05, 0) is 24.1 Å². The molecule has 1 heterocycles. The summed E-state index contributed by atoms with van der Waals surface area (Å²) in [5.41, 5.74) is 2.26. The zero-order valence-electron chi connectivity index (χ0n) is 17.6. The van der Waals surface area contributed by atoms with Crippen molar-refractivity contribution < 1.29 is 14.9 Å². The number of β-amino-alcohol motifs (C(OH)–C–C–N with tert-alkyl or cyclic N) is 2. The molecular formula is C24H34N2O3.